The van der Waals surface area contributed by atoms with Gasteiger partial charge in [0.05, 0.1) is 10.0 Å². The molecule has 2 amide bonds. The third-order valence-corrected chi connectivity index (χ3v) is 5.03. The summed E-state index contributed by atoms with van der Waals surface area (Å²) in [7, 11) is 0. The van der Waals surface area contributed by atoms with Crippen LogP contribution >= 0.6 is 23.2 Å². The fourth-order valence-electron chi connectivity index (χ4n) is 2.61. The van der Waals surface area contributed by atoms with E-state index in [1.165, 1.54) is 4.90 Å². The molecule has 1 N–H and O–H groups in total. The van der Waals surface area contributed by atoms with Gasteiger partial charge in [-0.1, -0.05) is 61.3 Å². The lowest BCUT2D eigenvalue weighted by Gasteiger charge is -2.29. The quantitative estimate of drug-likeness (QED) is 0.626. The van der Waals surface area contributed by atoms with E-state index >= 15 is 0 Å². The van der Waals surface area contributed by atoms with Gasteiger partial charge in [0.2, 0.25) is 5.91 Å². The molecule has 0 heterocycles. The first-order valence-electron chi connectivity index (χ1n) is 9.47. The van der Waals surface area contributed by atoms with Crippen LogP contribution < -0.4 is 10.1 Å². The van der Waals surface area contributed by atoms with Crippen molar-refractivity contribution in [2.24, 2.45) is 5.92 Å². The van der Waals surface area contributed by atoms with Crippen molar-refractivity contribution < 1.29 is 14.3 Å². The SMILES string of the molecule is CC(C)CNC(=O)[C@H](C)N(Cc1ccc(Cl)c(Cl)c1)C(=O)COc1ccccc1. The van der Waals surface area contributed by atoms with Crippen LogP contribution in [0.2, 0.25) is 10.0 Å². The summed E-state index contributed by atoms with van der Waals surface area (Å²) in [5, 5.41) is 3.71. The van der Waals surface area contributed by atoms with Crippen molar-refractivity contribution in [3.05, 3.63) is 64.1 Å². The molecule has 0 bridgehead atoms. The number of hydrogen-bond acceptors (Lipinski definition) is 3. The van der Waals surface area contributed by atoms with Gasteiger partial charge < -0.3 is 15.0 Å². The Morgan fingerprint density at radius 2 is 1.72 bits per heavy atom. The smallest absolute Gasteiger partial charge is 0.261 e. The second-order valence-electron chi connectivity index (χ2n) is 7.19. The Morgan fingerprint density at radius 3 is 2.34 bits per heavy atom. The van der Waals surface area contributed by atoms with E-state index in [-0.39, 0.29) is 25.0 Å². The van der Waals surface area contributed by atoms with Crippen molar-refractivity contribution in [3.63, 3.8) is 0 Å². The maximum atomic E-state index is 12.9. The average Bonchev–Trinajstić information content (AvgIpc) is 2.71. The molecule has 156 valence electrons. The van der Waals surface area contributed by atoms with E-state index in [0.717, 1.165) is 5.56 Å². The van der Waals surface area contributed by atoms with Gasteiger partial charge in [-0.25, -0.2) is 0 Å². The Morgan fingerprint density at radius 1 is 1.03 bits per heavy atom. The molecule has 2 rings (SSSR count). The van der Waals surface area contributed by atoms with Crippen molar-refractivity contribution in [1.29, 1.82) is 0 Å². The second-order valence-corrected chi connectivity index (χ2v) is 8.00. The molecule has 5 nitrogen and oxygen atoms in total. The van der Waals surface area contributed by atoms with Crippen molar-refractivity contribution in [2.45, 2.75) is 33.4 Å². The van der Waals surface area contributed by atoms with Crippen molar-refractivity contribution >= 4 is 35.0 Å². The van der Waals surface area contributed by atoms with Crippen LogP contribution in [0.3, 0.4) is 0 Å². The summed E-state index contributed by atoms with van der Waals surface area (Å²) in [6.07, 6.45) is 0. The standard InChI is InChI=1S/C22H26Cl2N2O3/c1-15(2)12-25-22(28)16(3)26(13-17-9-10-19(23)20(24)11-17)21(27)14-29-18-7-5-4-6-8-18/h4-11,15-16H,12-14H2,1-3H3,(H,25,28)/t16-/m0/s1. The number of amides is 2. The van der Waals surface area contributed by atoms with Crippen LogP contribution in [0.25, 0.3) is 0 Å². The van der Waals surface area contributed by atoms with Gasteiger partial charge in [-0.15, -0.1) is 0 Å². The predicted octanol–water partition coefficient (Wildman–Crippen LogP) is 4.56. The van der Waals surface area contributed by atoms with Crippen molar-refractivity contribution in [2.75, 3.05) is 13.2 Å². The molecule has 0 unspecified atom stereocenters. The molecule has 0 saturated heterocycles. The van der Waals surface area contributed by atoms with Crippen LogP contribution in [0.4, 0.5) is 0 Å². The molecule has 0 aliphatic rings. The van der Waals surface area contributed by atoms with Gasteiger partial charge in [-0.2, -0.15) is 0 Å². The topological polar surface area (TPSA) is 58.6 Å². The first kappa shape index (κ1) is 23.0. The number of nitrogens with zero attached hydrogens (tertiary/aromatic N) is 1. The Bertz CT molecular complexity index is 828. The average molecular weight is 437 g/mol. The Labute approximate surface area is 181 Å². The highest BCUT2D eigenvalue weighted by atomic mass is 35.5. The number of carbonyl (C=O) groups excluding carboxylic acids is 2. The lowest BCUT2D eigenvalue weighted by molar-refractivity contribution is -0.142. The van der Waals surface area contributed by atoms with E-state index in [0.29, 0.717) is 28.3 Å². The van der Waals surface area contributed by atoms with Gasteiger partial charge >= 0.3 is 0 Å². The number of rotatable bonds is 9. The molecule has 7 heteroatoms. The van der Waals surface area contributed by atoms with E-state index < -0.39 is 6.04 Å². The van der Waals surface area contributed by atoms with Gasteiger partial charge in [-0.05, 0) is 42.7 Å². The number of nitrogens with one attached hydrogen (secondary N) is 1. The summed E-state index contributed by atoms with van der Waals surface area (Å²) < 4.78 is 5.59. The van der Waals surface area contributed by atoms with Crippen LogP contribution in [0.15, 0.2) is 48.5 Å². The maximum absolute atomic E-state index is 12.9. The maximum Gasteiger partial charge on any atom is 0.261 e. The summed E-state index contributed by atoms with van der Waals surface area (Å²) in [6.45, 7) is 6.30. The molecule has 2 aromatic carbocycles. The molecule has 1 atom stereocenters. The largest absolute Gasteiger partial charge is 0.484 e. The lowest BCUT2D eigenvalue weighted by atomic mass is 10.1. The first-order valence-corrected chi connectivity index (χ1v) is 10.2. The van der Waals surface area contributed by atoms with E-state index in [4.69, 9.17) is 27.9 Å². The molecular weight excluding hydrogens is 411 g/mol. The number of carbonyl (C=O) groups is 2. The van der Waals surface area contributed by atoms with Crippen LogP contribution in [0, 0.1) is 5.92 Å². The molecule has 2 aromatic rings. The molecule has 29 heavy (non-hydrogen) atoms. The first-order chi connectivity index (χ1) is 13.8. The molecule has 0 aliphatic heterocycles. The van der Waals surface area contributed by atoms with Crippen LogP contribution in [0.1, 0.15) is 26.3 Å². The predicted molar refractivity (Wildman–Crippen MR) is 116 cm³/mol. The minimum Gasteiger partial charge on any atom is -0.484 e. The van der Waals surface area contributed by atoms with Gasteiger partial charge in [0, 0.05) is 13.1 Å². The van der Waals surface area contributed by atoms with Gasteiger partial charge in [-0.3, -0.25) is 9.59 Å². The minimum atomic E-state index is -0.671. The number of para-hydroxylation sites is 1. The van der Waals surface area contributed by atoms with Gasteiger partial charge in [0.25, 0.3) is 5.91 Å². The Kier molecular flexibility index (Phi) is 8.80. The van der Waals surface area contributed by atoms with E-state index in [1.54, 1.807) is 37.3 Å². The fourth-order valence-corrected chi connectivity index (χ4v) is 2.94. The highest BCUT2D eigenvalue weighted by Crippen LogP contribution is 2.24. The van der Waals surface area contributed by atoms with E-state index in [9.17, 15) is 9.59 Å². The zero-order valence-corrected chi connectivity index (χ0v) is 18.3. The summed E-state index contributed by atoms with van der Waals surface area (Å²) in [5.41, 5.74) is 0.774. The van der Waals surface area contributed by atoms with Gasteiger partial charge in [0.1, 0.15) is 11.8 Å². The molecule has 0 aliphatic carbocycles. The van der Waals surface area contributed by atoms with E-state index in [1.807, 2.05) is 32.0 Å². The number of ether oxygens (including phenoxy) is 1. The highest BCUT2D eigenvalue weighted by Gasteiger charge is 2.26. The Balaban J connectivity index is 2.15. The number of hydrogen-bond donors (Lipinski definition) is 1. The zero-order chi connectivity index (χ0) is 21.4. The monoisotopic (exact) mass is 436 g/mol. The summed E-state index contributed by atoms with van der Waals surface area (Å²) in [5.74, 6) is 0.387. The van der Waals surface area contributed by atoms with Crippen LogP contribution in [0.5, 0.6) is 5.75 Å². The number of benzene rings is 2. The van der Waals surface area contributed by atoms with Crippen LogP contribution in [-0.4, -0.2) is 35.9 Å². The molecule has 0 spiro atoms. The normalized spacial score (nSPS) is 11.8. The fraction of sp³-hybridized carbons (Fsp3) is 0.364. The molecule has 0 saturated carbocycles. The van der Waals surface area contributed by atoms with Crippen molar-refractivity contribution in [1.82, 2.24) is 10.2 Å². The Hall–Kier alpha value is -2.24. The third-order valence-electron chi connectivity index (χ3n) is 4.29. The molecule has 0 radical (unpaired) electrons. The molecule has 0 aromatic heterocycles. The third kappa shape index (κ3) is 7.26. The zero-order valence-electron chi connectivity index (χ0n) is 16.8. The summed E-state index contributed by atoms with van der Waals surface area (Å²) in [6, 6.07) is 13.6. The summed E-state index contributed by atoms with van der Waals surface area (Å²) >= 11 is 12.1. The second kappa shape index (κ2) is 11.1. The number of halogens is 2. The van der Waals surface area contributed by atoms with Crippen LogP contribution in [-0.2, 0) is 16.1 Å². The molecular formula is C22H26Cl2N2O3. The minimum absolute atomic E-state index is 0.173. The van der Waals surface area contributed by atoms with E-state index in [2.05, 4.69) is 5.32 Å². The van der Waals surface area contributed by atoms with Crippen molar-refractivity contribution in [3.8, 4) is 5.75 Å². The summed E-state index contributed by atoms with van der Waals surface area (Å²) in [4.78, 5) is 27.0. The molecule has 0 fully saturated rings. The lowest BCUT2D eigenvalue weighted by Crippen LogP contribution is -2.49. The highest BCUT2D eigenvalue weighted by molar-refractivity contribution is 6.42. The van der Waals surface area contributed by atoms with Gasteiger partial charge in [0.15, 0.2) is 6.61 Å².